The van der Waals surface area contributed by atoms with Crippen LogP contribution in [0.15, 0.2) is 70.6 Å². The van der Waals surface area contributed by atoms with Crippen molar-refractivity contribution in [2.75, 3.05) is 18.4 Å². The number of carbonyl (C=O) groups is 2. The highest BCUT2D eigenvalue weighted by Crippen LogP contribution is 2.30. The number of benzene rings is 1. The average molecular weight is 672 g/mol. The summed E-state index contributed by atoms with van der Waals surface area (Å²) in [7, 11) is 0. The molecule has 0 bridgehead atoms. The number of rotatable bonds is 8. The predicted molar refractivity (Wildman–Crippen MR) is 184 cm³/mol. The number of carbonyl (C=O) groups excluding carboxylic acids is 2. The third-order valence-electron chi connectivity index (χ3n) is 7.02. The van der Waals surface area contributed by atoms with E-state index in [9.17, 15) is 22.8 Å². The number of piperidine rings is 1. The third kappa shape index (κ3) is 11.8. The molecule has 5 N–H and O–H groups in total. The van der Waals surface area contributed by atoms with Crippen LogP contribution in [0.3, 0.4) is 0 Å². The zero-order valence-electron chi connectivity index (χ0n) is 29.0. The van der Waals surface area contributed by atoms with E-state index in [1.165, 1.54) is 12.1 Å². The molecule has 13 heteroatoms. The first-order chi connectivity index (χ1) is 22.5. The van der Waals surface area contributed by atoms with Crippen LogP contribution in [0, 0.1) is 5.41 Å². The van der Waals surface area contributed by atoms with Crippen molar-refractivity contribution >= 4 is 29.4 Å². The molecule has 1 atom stereocenters. The number of amidine groups is 1. The number of ether oxygens (including phenoxy) is 1. The van der Waals surface area contributed by atoms with Crippen LogP contribution in [0.2, 0.25) is 0 Å². The van der Waals surface area contributed by atoms with Crippen molar-refractivity contribution in [3.63, 3.8) is 0 Å². The number of hydrogen-bond acceptors (Lipinski definition) is 7. The molecule has 0 radical (unpaired) electrons. The number of amides is 2. The topological polar surface area (TPSA) is 146 Å². The Morgan fingerprint density at radius 2 is 1.75 bits per heavy atom. The van der Waals surface area contributed by atoms with E-state index in [4.69, 9.17) is 20.9 Å². The largest absolute Gasteiger partial charge is 0.444 e. The van der Waals surface area contributed by atoms with Gasteiger partial charge in [-0.3, -0.25) is 15.2 Å². The summed E-state index contributed by atoms with van der Waals surface area (Å²) in [5, 5.41) is 14.7. The van der Waals surface area contributed by atoms with Gasteiger partial charge in [-0.25, -0.2) is 9.78 Å². The lowest BCUT2D eigenvalue weighted by atomic mass is 9.98. The van der Waals surface area contributed by atoms with Crippen LogP contribution >= 0.6 is 0 Å². The Morgan fingerprint density at radius 1 is 1.12 bits per heavy atom. The number of nitrogens with zero attached hydrogens (tertiary/aromatic N) is 3. The SMILES string of the molecule is CC.CC/C(C)=C/NC(=NC1CCCN(C(=O)OC(C)(C)C)C1)/C(C(=N)c1ccc(C(=O)Nc2cc(C(F)(F)F)ccn2)cc1)=C(\C)N. The fraction of sp³-hybridized carbons (Fsp3) is 0.457. The molecule has 1 aromatic heterocycles. The number of hydrogen-bond donors (Lipinski definition) is 4. The first-order valence-electron chi connectivity index (χ1n) is 16.0. The Bertz CT molecular complexity index is 1520. The molecular formula is C35H48F3N7O3. The van der Waals surface area contributed by atoms with Crippen molar-refractivity contribution in [3.05, 3.63) is 82.3 Å². The summed E-state index contributed by atoms with van der Waals surface area (Å²) in [6, 6.07) is 7.31. The van der Waals surface area contributed by atoms with Crippen molar-refractivity contribution in [3.8, 4) is 0 Å². The zero-order chi connectivity index (χ0) is 36.2. The van der Waals surface area contributed by atoms with Crippen LogP contribution in [0.4, 0.5) is 23.8 Å². The molecule has 10 nitrogen and oxygen atoms in total. The normalized spacial score (nSPS) is 16.2. The second-order valence-corrected chi connectivity index (χ2v) is 12.1. The van der Waals surface area contributed by atoms with Gasteiger partial charge in [0.05, 0.1) is 22.9 Å². The van der Waals surface area contributed by atoms with Crippen LogP contribution in [-0.4, -0.2) is 58.2 Å². The Morgan fingerprint density at radius 3 is 2.31 bits per heavy atom. The molecule has 1 aliphatic heterocycles. The van der Waals surface area contributed by atoms with Crippen LogP contribution in [0.5, 0.6) is 0 Å². The number of nitrogens with two attached hydrogens (primary N) is 1. The van der Waals surface area contributed by atoms with E-state index in [2.05, 4.69) is 15.6 Å². The van der Waals surface area contributed by atoms with Gasteiger partial charge >= 0.3 is 12.3 Å². The molecule has 262 valence electrons. The Hall–Kier alpha value is -4.68. The summed E-state index contributed by atoms with van der Waals surface area (Å²) < 4.78 is 44.7. The maximum atomic E-state index is 13.1. The molecule has 1 aliphatic rings. The number of nitrogens with one attached hydrogen (secondary N) is 3. The van der Waals surface area contributed by atoms with Crippen molar-refractivity contribution in [1.82, 2.24) is 15.2 Å². The molecule has 1 fully saturated rings. The summed E-state index contributed by atoms with van der Waals surface area (Å²) >= 11 is 0. The van der Waals surface area contributed by atoms with Crippen LogP contribution < -0.4 is 16.4 Å². The number of pyridine rings is 1. The van der Waals surface area contributed by atoms with Crippen LogP contribution in [-0.2, 0) is 10.9 Å². The molecule has 0 saturated carbocycles. The van der Waals surface area contributed by atoms with Crippen LogP contribution in [0.25, 0.3) is 0 Å². The summed E-state index contributed by atoms with van der Waals surface area (Å²) in [5.41, 5.74) is 7.12. The van der Waals surface area contributed by atoms with Crippen molar-refractivity contribution in [1.29, 1.82) is 5.41 Å². The molecule has 0 aliphatic carbocycles. The van der Waals surface area contributed by atoms with Gasteiger partial charge in [0.2, 0.25) is 0 Å². The van der Waals surface area contributed by atoms with E-state index in [0.717, 1.165) is 43.2 Å². The molecule has 1 aromatic carbocycles. The summed E-state index contributed by atoms with van der Waals surface area (Å²) in [6.45, 7) is 16.0. The number of allylic oxidation sites excluding steroid dienone is 2. The van der Waals surface area contributed by atoms with Gasteiger partial charge < -0.3 is 26.0 Å². The number of likely N-dealkylation sites (tertiary alicyclic amines) is 1. The van der Waals surface area contributed by atoms with Gasteiger partial charge in [0.25, 0.3) is 5.91 Å². The highest BCUT2D eigenvalue weighted by molar-refractivity contribution is 6.29. The van der Waals surface area contributed by atoms with Gasteiger partial charge in [-0.1, -0.05) is 38.5 Å². The lowest BCUT2D eigenvalue weighted by molar-refractivity contribution is -0.137. The molecular weight excluding hydrogens is 623 g/mol. The minimum absolute atomic E-state index is 0.0418. The lowest BCUT2D eigenvalue weighted by Gasteiger charge is -2.33. The van der Waals surface area contributed by atoms with E-state index >= 15 is 0 Å². The fourth-order valence-corrected chi connectivity index (χ4v) is 4.50. The first-order valence-corrected chi connectivity index (χ1v) is 16.0. The highest BCUT2D eigenvalue weighted by atomic mass is 19.4. The Labute approximate surface area is 281 Å². The average Bonchev–Trinajstić information content (AvgIpc) is 3.03. The fourth-order valence-electron chi connectivity index (χ4n) is 4.50. The van der Waals surface area contributed by atoms with E-state index in [1.54, 1.807) is 30.2 Å². The number of halogens is 3. The molecule has 3 rings (SSSR count). The molecule has 2 heterocycles. The minimum atomic E-state index is -4.58. The van der Waals surface area contributed by atoms with Crippen molar-refractivity contribution in [2.45, 2.75) is 92.5 Å². The molecule has 48 heavy (non-hydrogen) atoms. The zero-order valence-corrected chi connectivity index (χ0v) is 29.0. The minimum Gasteiger partial charge on any atom is -0.444 e. The van der Waals surface area contributed by atoms with Crippen molar-refractivity contribution < 1.29 is 27.5 Å². The first kappa shape index (κ1) is 39.5. The predicted octanol–water partition coefficient (Wildman–Crippen LogP) is 7.68. The molecule has 2 aromatic rings. The standard InChI is InChI=1S/C33H42F3N7O3.C2H6/c1-7-20(2)18-40-29(41-25-9-8-16-43(19-25)31(45)46-32(4,5)6)27(21(3)37)28(38)22-10-12-23(13-11-22)30(44)42-26-17-24(14-15-39-26)33(34,35)36;1-2/h10-15,17-18,25,38H,7-9,16,19,37H2,1-6H3,(H,40,41)(H,39,42,44);1-2H3/b20-18+,27-21+,38-28?;. The summed E-state index contributed by atoms with van der Waals surface area (Å²) in [4.78, 5) is 35.9. The van der Waals surface area contributed by atoms with Crippen LogP contribution in [0.1, 0.15) is 96.1 Å². The smallest absolute Gasteiger partial charge is 0.416 e. The van der Waals surface area contributed by atoms with Gasteiger partial charge in [-0.15, -0.1) is 0 Å². The summed E-state index contributed by atoms with van der Waals surface area (Å²) in [5.74, 6) is -0.534. The maximum absolute atomic E-state index is 13.1. The van der Waals surface area contributed by atoms with E-state index < -0.39 is 29.3 Å². The van der Waals surface area contributed by atoms with E-state index in [1.807, 2.05) is 48.5 Å². The Balaban J connectivity index is 0.00000392. The molecule has 0 spiro atoms. The second-order valence-electron chi connectivity index (χ2n) is 12.1. The monoisotopic (exact) mass is 671 g/mol. The van der Waals surface area contributed by atoms with Gasteiger partial charge in [0.15, 0.2) is 0 Å². The quantitative estimate of drug-likeness (QED) is 0.167. The second kappa shape index (κ2) is 17.5. The van der Waals surface area contributed by atoms with E-state index in [0.29, 0.717) is 35.8 Å². The number of alkyl halides is 3. The molecule has 1 saturated heterocycles. The molecule has 1 unspecified atom stereocenters. The lowest BCUT2D eigenvalue weighted by Crippen LogP contribution is -2.45. The third-order valence-corrected chi connectivity index (χ3v) is 7.02. The number of anilines is 1. The van der Waals surface area contributed by atoms with Gasteiger partial charge in [-0.2, -0.15) is 13.2 Å². The number of aromatic nitrogens is 1. The van der Waals surface area contributed by atoms with Gasteiger partial charge in [0, 0.05) is 42.3 Å². The van der Waals surface area contributed by atoms with Gasteiger partial charge in [-0.05, 0) is 78.1 Å². The molecule has 2 amide bonds. The van der Waals surface area contributed by atoms with E-state index in [-0.39, 0.29) is 23.1 Å². The Kier molecular flexibility index (Phi) is 14.4. The van der Waals surface area contributed by atoms with Gasteiger partial charge in [0.1, 0.15) is 17.3 Å². The maximum Gasteiger partial charge on any atom is 0.416 e. The van der Waals surface area contributed by atoms with Crippen molar-refractivity contribution in [2.24, 2.45) is 10.7 Å². The highest BCUT2D eigenvalue weighted by Gasteiger charge is 2.31. The summed E-state index contributed by atoms with van der Waals surface area (Å²) in [6.07, 6.45) is 0.0196. The number of aliphatic imine (C=N–C) groups is 1.